The van der Waals surface area contributed by atoms with Crippen molar-refractivity contribution in [2.24, 2.45) is 5.92 Å². The number of piperidine rings is 1. The Morgan fingerprint density at radius 1 is 1.11 bits per heavy atom. The van der Waals surface area contributed by atoms with Crippen LogP contribution in [0.2, 0.25) is 0 Å². The molecule has 5 rings (SSSR count). The van der Waals surface area contributed by atoms with Crippen LogP contribution in [0.15, 0.2) is 61.3 Å². The third-order valence-electron chi connectivity index (χ3n) is 6.69. The van der Waals surface area contributed by atoms with Crippen LogP contribution in [0, 0.1) is 12.8 Å². The van der Waals surface area contributed by atoms with E-state index in [1.54, 1.807) is 12.4 Å². The number of anilines is 1. The van der Waals surface area contributed by atoms with Crippen LogP contribution in [-0.4, -0.2) is 43.6 Å². The summed E-state index contributed by atoms with van der Waals surface area (Å²) in [6.45, 7) is 6.39. The van der Waals surface area contributed by atoms with E-state index in [0.29, 0.717) is 23.8 Å². The number of rotatable bonds is 7. The van der Waals surface area contributed by atoms with Gasteiger partial charge in [0.25, 0.3) is 5.91 Å². The van der Waals surface area contributed by atoms with Gasteiger partial charge < -0.3 is 11.1 Å². The molecule has 1 aliphatic rings. The van der Waals surface area contributed by atoms with Crippen molar-refractivity contribution >= 4 is 22.5 Å². The average molecular weight is 470 g/mol. The van der Waals surface area contributed by atoms with Crippen molar-refractivity contribution in [1.82, 2.24) is 30.0 Å². The van der Waals surface area contributed by atoms with Crippen LogP contribution in [0.1, 0.15) is 39.9 Å². The number of carbonyl (C=O) groups is 1. The van der Waals surface area contributed by atoms with Crippen LogP contribution in [0.4, 0.5) is 5.82 Å². The molecule has 0 saturated carbocycles. The van der Waals surface area contributed by atoms with E-state index in [1.165, 1.54) is 5.56 Å². The highest BCUT2D eigenvalue weighted by molar-refractivity contribution is 5.94. The van der Waals surface area contributed by atoms with Crippen molar-refractivity contribution in [2.75, 3.05) is 18.8 Å². The molecule has 4 heterocycles. The molecular weight excluding hydrogens is 438 g/mol. The number of fused-ring (bicyclic) bond motifs is 1. The fourth-order valence-corrected chi connectivity index (χ4v) is 4.76. The van der Waals surface area contributed by atoms with Gasteiger partial charge in [-0.15, -0.1) is 0 Å². The molecule has 8 heteroatoms. The number of likely N-dealkylation sites (tertiary alicyclic amines) is 1. The van der Waals surface area contributed by atoms with Gasteiger partial charge in [0.05, 0.1) is 11.8 Å². The number of amides is 1. The van der Waals surface area contributed by atoms with Gasteiger partial charge in [0, 0.05) is 49.8 Å². The molecule has 0 spiro atoms. The third-order valence-corrected chi connectivity index (χ3v) is 6.69. The van der Waals surface area contributed by atoms with Gasteiger partial charge in [0.1, 0.15) is 5.82 Å². The molecule has 1 saturated heterocycles. The third kappa shape index (κ3) is 5.66. The highest BCUT2D eigenvalue weighted by atomic mass is 16.1. The van der Waals surface area contributed by atoms with Crippen molar-refractivity contribution in [2.45, 2.75) is 39.4 Å². The van der Waals surface area contributed by atoms with Gasteiger partial charge in [-0.25, -0.2) is 4.98 Å². The number of nitrogens with zero attached hydrogens (tertiary/aromatic N) is 5. The van der Waals surface area contributed by atoms with Gasteiger partial charge in [-0.3, -0.25) is 19.4 Å². The summed E-state index contributed by atoms with van der Waals surface area (Å²) in [5.41, 5.74) is 9.79. The van der Waals surface area contributed by atoms with Gasteiger partial charge in [0.15, 0.2) is 0 Å². The zero-order chi connectivity index (χ0) is 24.2. The Kier molecular flexibility index (Phi) is 6.72. The van der Waals surface area contributed by atoms with Crippen molar-refractivity contribution < 1.29 is 4.79 Å². The molecule has 8 nitrogen and oxygen atoms in total. The molecule has 0 unspecified atom stereocenters. The van der Waals surface area contributed by atoms with Crippen molar-refractivity contribution in [3.8, 4) is 0 Å². The Balaban J connectivity index is 1.14. The second kappa shape index (κ2) is 10.2. The zero-order valence-corrected chi connectivity index (χ0v) is 20.0. The van der Waals surface area contributed by atoms with E-state index < -0.39 is 0 Å². The van der Waals surface area contributed by atoms with Gasteiger partial charge >= 0.3 is 0 Å². The second-order valence-electron chi connectivity index (χ2n) is 9.48. The van der Waals surface area contributed by atoms with Crippen LogP contribution in [0.25, 0.3) is 10.8 Å². The van der Waals surface area contributed by atoms with Crippen LogP contribution in [0.5, 0.6) is 0 Å². The largest absolute Gasteiger partial charge is 0.383 e. The predicted molar refractivity (Wildman–Crippen MR) is 137 cm³/mol. The van der Waals surface area contributed by atoms with E-state index in [-0.39, 0.29) is 5.91 Å². The first-order chi connectivity index (χ1) is 17.0. The summed E-state index contributed by atoms with van der Waals surface area (Å²) in [6.07, 6.45) is 11.5. The van der Waals surface area contributed by atoms with Crippen molar-refractivity contribution in [3.05, 3.63) is 83.6 Å². The molecule has 3 N–H and O–H groups in total. The van der Waals surface area contributed by atoms with E-state index in [0.717, 1.165) is 60.9 Å². The van der Waals surface area contributed by atoms with E-state index in [9.17, 15) is 4.79 Å². The number of hydrogen-bond donors (Lipinski definition) is 2. The number of nitrogens with one attached hydrogen (secondary N) is 1. The monoisotopic (exact) mass is 469 g/mol. The fourth-order valence-electron chi connectivity index (χ4n) is 4.76. The Morgan fingerprint density at radius 2 is 1.97 bits per heavy atom. The standard InChI is InChI=1S/C27H31N7O/c1-19-12-32-34(16-19)18-20-5-8-33(9-6-20)17-22-11-24(15-29-13-22)27(35)31-14-21-2-3-25-23(10-21)4-7-30-26(25)28/h2-4,7,10-13,15-16,20H,5-6,8-9,14,17-18H2,1H3,(H2,28,30)(H,31,35). The zero-order valence-electron chi connectivity index (χ0n) is 20.0. The molecule has 1 aliphatic heterocycles. The lowest BCUT2D eigenvalue weighted by Crippen LogP contribution is -2.34. The maximum Gasteiger partial charge on any atom is 0.253 e. The lowest BCUT2D eigenvalue weighted by atomic mass is 9.96. The minimum absolute atomic E-state index is 0.123. The summed E-state index contributed by atoms with van der Waals surface area (Å²) in [7, 11) is 0. The smallest absolute Gasteiger partial charge is 0.253 e. The van der Waals surface area contributed by atoms with Gasteiger partial charge in [-0.2, -0.15) is 5.10 Å². The summed E-state index contributed by atoms with van der Waals surface area (Å²) < 4.78 is 2.06. The molecule has 1 fully saturated rings. The van der Waals surface area contributed by atoms with Gasteiger partial charge in [-0.05, 0) is 79.0 Å². The first-order valence-corrected chi connectivity index (χ1v) is 12.1. The predicted octanol–water partition coefficient (Wildman–Crippen LogP) is 3.56. The molecule has 1 amide bonds. The molecule has 0 radical (unpaired) electrons. The maximum atomic E-state index is 12.8. The highest BCUT2D eigenvalue weighted by Gasteiger charge is 2.20. The topological polar surface area (TPSA) is 102 Å². The first kappa shape index (κ1) is 23.0. The number of nitrogen functional groups attached to an aromatic ring is 1. The summed E-state index contributed by atoms with van der Waals surface area (Å²) in [6, 6.07) is 9.81. The molecule has 4 aromatic rings. The Hall–Kier alpha value is -3.78. The van der Waals surface area contributed by atoms with Crippen LogP contribution in [0.3, 0.4) is 0 Å². The Morgan fingerprint density at radius 3 is 2.77 bits per heavy atom. The summed E-state index contributed by atoms with van der Waals surface area (Å²) in [4.78, 5) is 23.7. The Labute approximate surface area is 205 Å². The van der Waals surface area contributed by atoms with Crippen molar-refractivity contribution in [1.29, 1.82) is 0 Å². The molecule has 35 heavy (non-hydrogen) atoms. The number of pyridine rings is 2. The number of carbonyl (C=O) groups excluding carboxylic acids is 1. The molecule has 3 aromatic heterocycles. The lowest BCUT2D eigenvalue weighted by Gasteiger charge is -2.31. The van der Waals surface area contributed by atoms with Crippen molar-refractivity contribution in [3.63, 3.8) is 0 Å². The lowest BCUT2D eigenvalue weighted by molar-refractivity contribution is 0.0950. The quantitative estimate of drug-likeness (QED) is 0.429. The number of hydrogen-bond acceptors (Lipinski definition) is 6. The highest BCUT2D eigenvalue weighted by Crippen LogP contribution is 2.22. The van der Waals surface area contributed by atoms with Gasteiger partial charge in [-0.1, -0.05) is 12.1 Å². The average Bonchev–Trinajstić information content (AvgIpc) is 3.28. The van der Waals surface area contributed by atoms with E-state index in [2.05, 4.69) is 43.1 Å². The SMILES string of the molecule is Cc1cnn(CC2CCN(Cc3cncc(C(=O)NCc4ccc5c(N)nccc5c4)c3)CC2)c1. The molecule has 1 aromatic carbocycles. The Bertz CT molecular complexity index is 1320. The minimum Gasteiger partial charge on any atom is -0.383 e. The molecule has 0 aliphatic carbocycles. The second-order valence-corrected chi connectivity index (χ2v) is 9.48. The van der Waals surface area contributed by atoms with E-state index >= 15 is 0 Å². The van der Waals surface area contributed by atoms with Crippen LogP contribution < -0.4 is 11.1 Å². The maximum absolute atomic E-state index is 12.8. The van der Waals surface area contributed by atoms with Crippen LogP contribution >= 0.6 is 0 Å². The molecule has 0 bridgehead atoms. The first-order valence-electron chi connectivity index (χ1n) is 12.1. The van der Waals surface area contributed by atoms with E-state index in [1.807, 2.05) is 42.7 Å². The minimum atomic E-state index is -0.123. The summed E-state index contributed by atoms with van der Waals surface area (Å²) in [5.74, 6) is 1.05. The van der Waals surface area contributed by atoms with Gasteiger partial charge in [0.2, 0.25) is 0 Å². The number of benzene rings is 1. The molecular formula is C27H31N7O. The number of aromatic nitrogens is 4. The number of aryl methyl sites for hydroxylation is 1. The summed E-state index contributed by atoms with van der Waals surface area (Å²) >= 11 is 0. The molecule has 180 valence electrons. The van der Waals surface area contributed by atoms with Crippen LogP contribution in [-0.2, 0) is 19.6 Å². The normalized spacial score (nSPS) is 14.9. The molecule has 0 atom stereocenters. The number of nitrogens with two attached hydrogens (primary N) is 1. The fraction of sp³-hybridized carbons (Fsp3) is 0.333. The summed E-state index contributed by atoms with van der Waals surface area (Å²) in [5, 5.41) is 9.36. The van der Waals surface area contributed by atoms with E-state index in [4.69, 9.17) is 5.73 Å².